The highest BCUT2D eigenvalue weighted by molar-refractivity contribution is 5.89. The number of ketones is 1. The number of rotatable bonds is 9. The molecule has 2 aliphatic carbocycles. The van der Waals surface area contributed by atoms with Crippen LogP contribution in [0.4, 0.5) is 10.7 Å². The van der Waals surface area contributed by atoms with E-state index in [2.05, 4.69) is 69.5 Å². The van der Waals surface area contributed by atoms with Crippen LogP contribution in [0.25, 0.3) is 0 Å². The summed E-state index contributed by atoms with van der Waals surface area (Å²) in [6.07, 6.45) is 11.0. The summed E-state index contributed by atoms with van der Waals surface area (Å²) in [4.78, 5) is 41.3. The van der Waals surface area contributed by atoms with Gasteiger partial charge in [0, 0.05) is 31.0 Å². The lowest BCUT2D eigenvalue weighted by molar-refractivity contribution is -0.117. The fourth-order valence-corrected chi connectivity index (χ4v) is 6.44. The van der Waals surface area contributed by atoms with Crippen molar-refractivity contribution in [2.45, 2.75) is 62.9 Å². The first-order valence-electron chi connectivity index (χ1n) is 13.7. The van der Waals surface area contributed by atoms with Crippen molar-refractivity contribution in [3.8, 4) is 0 Å². The van der Waals surface area contributed by atoms with E-state index < -0.39 is 0 Å². The molecule has 3 aliphatic rings. The Bertz CT molecular complexity index is 1090. The predicted molar refractivity (Wildman–Crippen MR) is 144 cm³/mol. The van der Waals surface area contributed by atoms with Crippen LogP contribution in [-0.4, -0.2) is 82.3 Å². The van der Waals surface area contributed by atoms with Crippen LogP contribution in [-0.2, 0) is 10.3 Å². The lowest BCUT2D eigenvalue weighted by atomic mass is 9.68. The topological polar surface area (TPSA) is 81.7 Å². The lowest BCUT2D eigenvalue weighted by Gasteiger charge is -2.51. The third kappa shape index (κ3) is 5.08. The van der Waals surface area contributed by atoms with Gasteiger partial charge in [0.05, 0.1) is 18.6 Å². The van der Waals surface area contributed by atoms with Gasteiger partial charge in [-0.05, 0) is 76.6 Å². The van der Waals surface area contributed by atoms with Gasteiger partial charge in [0.15, 0.2) is 5.78 Å². The van der Waals surface area contributed by atoms with Crippen LogP contribution in [0.1, 0.15) is 56.1 Å². The van der Waals surface area contributed by atoms with Crippen LogP contribution in [0.3, 0.4) is 0 Å². The number of urea groups is 1. The number of nitrogens with one attached hydrogen (secondary N) is 1. The molecule has 0 unspecified atom stereocenters. The van der Waals surface area contributed by atoms with E-state index in [4.69, 9.17) is 0 Å². The SMILES string of the molecule is Cc1cnc(NCC(=O)CN2C[C@]3(CC[C@](c4ccccc4)(N(C)C)CC3)N(CC3CCC3)C2=O)nc1. The summed E-state index contributed by atoms with van der Waals surface area (Å²) in [6, 6.07) is 10.8. The van der Waals surface area contributed by atoms with Gasteiger partial charge in [-0.25, -0.2) is 14.8 Å². The predicted octanol–water partition coefficient (Wildman–Crippen LogP) is 4.07. The molecule has 1 aromatic carbocycles. The van der Waals surface area contributed by atoms with E-state index in [0.717, 1.165) is 37.8 Å². The van der Waals surface area contributed by atoms with E-state index in [-0.39, 0.29) is 36.0 Å². The number of Topliss-reactive ketones (excluding diaryl/α,β-unsaturated/α-hetero) is 1. The quantitative estimate of drug-likeness (QED) is 0.554. The van der Waals surface area contributed by atoms with Crippen LogP contribution in [0.15, 0.2) is 42.7 Å². The molecule has 1 N–H and O–H groups in total. The molecule has 3 fully saturated rings. The summed E-state index contributed by atoms with van der Waals surface area (Å²) in [6.45, 7) is 3.61. The number of anilines is 1. The Hall–Kier alpha value is -3.00. The Morgan fingerprint density at radius 2 is 1.76 bits per heavy atom. The fraction of sp³-hybridized carbons (Fsp3) is 0.586. The van der Waals surface area contributed by atoms with Gasteiger partial charge in [-0.2, -0.15) is 0 Å². The first-order chi connectivity index (χ1) is 17.8. The first kappa shape index (κ1) is 25.6. The molecule has 5 rings (SSSR count). The molecule has 8 heteroatoms. The van der Waals surface area contributed by atoms with Crippen molar-refractivity contribution < 1.29 is 9.59 Å². The molecule has 2 saturated carbocycles. The second kappa shape index (κ2) is 10.4. The standard InChI is InChI=1S/C29H40N6O2/c1-22-16-30-26(31-17-22)32-18-25(36)20-34-21-28(35(27(34)37)19-23-8-7-9-23)12-14-29(15-13-28,33(2)3)24-10-5-4-6-11-24/h4-6,10-11,16-17,23H,7-9,12-15,18-21H2,1-3H3,(H,30,31,32)/t28-,29+. The monoisotopic (exact) mass is 504 g/mol. The van der Waals surface area contributed by atoms with Crippen LogP contribution in [0.5, 0.6) is 0 Å². The Kier molecular flexibility index (Phi) is 7.21. The summed E-state index contributed by atoms with van der Waals surface area (Å²) in [5, 5.41) is 3.01. The van der Waals surface area contributed by atoms with Crippen LogP contribution in [0, 0.1) is 12.8 Å². The van der Waals surface area contributed by atoms with Gasteiger partial charge in [0.2, 0.25) is 5.95 Å². The molecule has 1 aliphatic heterocycles. The number of hydrogen-bond acceptors (Lipinski definition) is 6. The Labute approximate surface area is 220 Å². The van der Waals surface area contributed by atoms with Crippen molar-refractivity contribution in [3.63, 3.8) is 0 Å². The van der Waals surface area contributed by atoms with E-state index >= 15 is 0 Å². The van der Waals surface area contributed by atoms with Crippen molar-refractivity contribution in [3.05, 3.63) is 53.9 Å². The summed E-state index contributed by atoms with van der Waals surface area (Å²) in [7, 11) is 4.35. The van der Waals surface area contributed by atoms with E-state index in [0.29, 0.717) is 18.4 Å². The maximum atomic E-state index is 13.7. The third-order valence-electron chi connectivity index (χ3n) is 8.99. The molecule has 2 amide bonds. The van der Waals surface area contributed by atoms with Crippen molar-refractivity contribution in [1.82, 2.24) is 24.7 Å². The smallest absolute Gasteiger partial charge is 0.321 e. The van der Waals surface area contributed by atoms with Crippen molar-refractivity contribution in [2.24, 2.45) is 5.92 Å². The van der Waals surface area contributed by atoms with Gasteiger partial charge < -0.3 is 15.1 Å². The van der Waals surface area contributed by atoms with Gasteiger partial charge in [-0.1, -0.05) is 36.8 Å². The minimum absolute atomic E-state index is 0.0269. The zero-order valence-corrected chi connectivity index (χ0v) is 22.4. The Morgan fingerprint density at radius 1 is 1.08 bits per heavy atom. The first-order valence-corrected chi connectivity index (χ1v) is 13.7. The maximum Gasteiger partial charge on any atom is 0.321 e. The van der Waals surface area contributed by atoms with Gasteiger partial charge in [0.1, 0.15) is 0 Å². The molecule has 0 bridgehead atoms. The highest BCUT2D eigenvalue weighted by atomic mass is 16.2. The second-order valence-corrected chi connectivity index (χ2v) is 11.5. The fourth-order valence-electron chi connectivity index (χ4n) is 6.44. The van der Waals surface area contributed by atoms with E-state index in [1.165, 1.54) is 24.8 Å². The number of nitrogens with zero attached hydrogens (tertiary/aromatic N) is 5. The molecule has 198 valence electrons. The average Bonchev–Trinajstić information content (AvgIpc) is 3.11. The summed E-state index contributed by atoms with van der Waals surface area (Å²) >= 11 is 0. The van der Waals surface area contributed by atoms with Gasteiger partial charge in [-0.15, -0.1) is 0 Å². The summed E-state index contributed by atoms with van der Waals surface area (Å²) in [5.74, 6) is 0.996. The number of benzene rings is 1. The molecule has 1 spiro atoms. The van der Waals surface area contributed by atoms with Crippen LogP contribution >= 0.6 is 0 Å². The van der Waals surface area contributed by atoms with Gasteiger partial charge in [-0.3, -0.25) is 9.69 Å². The molecule has 0 atom stereocenters. The Morgan fingerprint density at radius 3 is 2.35 bits per heavy atom. The average molecular weight is 505 g/mol. The normalized spacial score (nSPS) is 26.1. The van der Waals surface area contributed by atoms with Crippen molar-refractivity contribution in [2.75, 3.05) is 45.6 Å². The van der Waals surface area contributed by atoms with E-state index in [9.17, 15) is 9.59 Å². The molecule has 1 aromatic heterocycles. The zero-order chi connectivity index (χ0) is 26.0. The highest BCUT2D eigenvalue weighted by Gasteiger charge is 2.55. The number of aromatic nitrogens is 2. The summed E-state index contributed by atoms with van der Waals surface area (Å²) < 4.78 is 0. The second-order valence-electron chi connectivity index (χ2n) is 11.5. The largest absolute Gasteiger partial charge is 0.347 e. The molecular weight excluding hydrogens is 464 g/mol. The minimum atomic E-state index is -0.200. The zero-order valence-electron chi connectivity index (χ0n) is 22.4. The molecule has 1 saturated heterocycles. The van der Waals surface area contributed by atoms with Crippen LogP contribution < -0.4 is 5.32 Å². The number of amides is 2. The molecule has 2 aromatic rings. The minimum Gasteiger partial charge on any atom is -0.347 e. The van der Waals surface area contributed by atoms with Crippen LogP contribution in [0.2, 0.25) is 0 Å². The summed E-state index contributed by atoms with van der Waals surface area (Å²) in [5.41, 5.74) is 2.09. The molecular formula is C29H40N6O2. The van der Waals surface area contributed by atoms with E-state index in [1.807, 2.05) is 6.92 Å². The molecule has 37 heavy (non-hydrogen) atoms. The maximum absolute atomic E-state index is 13.7. The number of aryl methyl sites for hydroxylation is 1. The molecule has 8 nitrogen and oxygen atoms in total. The van der Waals surface area contributed by atoms with Crippen molar-refractivity contribution in [1.29, 1.82) is 0 Å². The lowest BCUT2D eigenvalue weighted by Crippen LogP contribution is -2.56. The number of hydrogen-bond donors (Lipinski definition) is 1. The highest BCUT2D eigenvalue weighted by Crippen LogP contribution is 2.49. The third-order valence-corrected chi connectivity index (χ3v) is 8.99. The number of carbonyl (C=O) groups excluding carboxylic acids is 2. The van der Waals surface area contributed by atoms with Crippen molar-refractivity contribution >= 4 is 17.8 Å². The van der Waals surface area contributed by atoms with Gasteiger partial charge >= 0.3 is 6.03 Å². The van der Waals surface area contributed by atoms with E-state index in [1.54, 1.807) is 17.3 Å². The number of carbonyl (C=O) groups is 2. The van der Waals surface area contributed by atoms with Gasteiger partial charge in [0.25, 0.3) is 0 Å². The molecule has 0 radical (unpaired) electrons. The molecule has 2 heterocycles. The Balaban J connectivity index is 1.29.